The Balaban J connectivity index is -0.000000193. The van der Waals surface area contributed by atoms with E-state index in [2.05, 4.69) is 0 Å². The zero-order valence-electron chi connectivity index (χ0n) is 41.0. The molecule has 0 aromatic heterocycles. The average Bonchev–Trinajstić information content (AvgIpc) is 4.08. The summed E-state index contributed by atoms with van der Waals surface area (Å²) in [6.07, 6.45) is 5.63. The summed E-state index contributed by atoms with van der Waals surface area (Å²) in [5.74, 6) is -1.87. The Hall–Kier alpha value is -2.80. The second-order valence-electron chi connectivity index (χ2n) is 13.2. The number of benzene rings is 4. The van der Waals surface area contributed by atoms with Crippen LogP contribution in [0.25, 0.3) is 0 Å². The summed E-state index contributed by atoms with van der Waals surface area (Å²) in [5.41, 5.74) is 0.579. The zero-order valence-corrected chi connectivity index (χ0v) is 48.3. The van der Waals surface area contributed by atoms with E-state index in [1.807, 2.05) is 0 Å². The molecule has 11 N–H and O–H groups in total. The number of hydrogen-bond acceptors (Lipinski definition) is 18. The third-order valence-electron chi connectivity index (χ3n) is 7.77. The number of rotatable bonds is 9. The molecule has 2 aliphatic rings. The second-order valence-corrected chi connectivity index (χ2v) is 21.2. The van der Waals surface area contributed by atoms with Crippen molar-refractivity contribution in [1.82, 2.24) is 0 Å². The van der Waals surface area contributed by atoms with Crippen molar-refractivity contribution in [3.05, 3.63) is 115 Å². The predicted molar refractivity (Wildman–Crippen MR) is 274 cm³/mol. The minimum absolute atomic E-state index is 0. The summed E-state index contributed by atoms with van der Waals surface area (Å²) in [6.45, 7) is 7.53. The SMILES string of the molecule is C1CCOC1.C1CCOC1.CCO.CCOC(=O)c1ccc(Cl)c(S(N)(=O)=O)c1.Cl.NS(=O)(=O)c1cc(C(=O)O)ccc1Cl.NS(=O)(=O)c1cc(C=O)ccc1Cl.NS(=O)(=O)c1cc(CO)ccc1Cl.[B].[H-].[Li+].[O]=[Mn]=[O]. The summed E-state index contributed by atoms with van der Waals surface area (Å²) >= 11 is 20.9. The molecule has 0 bridgehead atoms. The van der Waals surface area contributed by atoms with E-state index in [-0.39, 0.29) is 117 Å². The molecular weight excluding hydrogens is 1220 g/mol. The van der Waals surface area contributed by atoms with Crippen LogP contribution in [-0.2, 0) is 83.4 Å². The number of primary sulfonamides is 4. The maximum atomic E-state index is 11.3. The molecular formula is C40H54BCl5LiMnN4O19S4. The fraction of sp³-hybridized carbons (Fsp3) is 0.325. The Morgan fingerprint density at radius 1 is 0.627 bits per heavy atom. The normalized spacial score (nSPS) is 12.1. The van der Waals surface area contributed by atoms with Crippen LogP contribution >= 0.6 is 58.8 Å². The molecule has 75 heavy (non-hydrogen) atoms. The van der Waals surface area contributed by atoms with Gasteiger partial charge < -0.3 is 31.0 Å². The topological polar surface area (TPSA) is 414 Å². The number of aromatic carboxylic acids is 1. The van der Waals surface area contributed by atoms with Crippen LogP contribution in [0.15, 0.2) is 92.4 Å². The standard InChI is InChI=1S/C9H10ClNO4S.C7H6ClNO4S.C7H8ClNO3S.C7H6ClNO3S.2C4H8O.C2H6O.B.ClH.Li.Mn.2O.H/c1-2-15-9(12)6-3-4-7(10)8(5-6)16(11,13)14;8-5-2-1-4(7(10)11)3-6(5)14(9,12)13;2*8-6-2-1-5(4-10)3-7(6)13(9,11)12;2*1-2-4-5-3-1;1-2-3;;;;;;;/h3-5H,2H2,1H3,(H2,11,13,14);1-3H,(H,10,11)(H2,9,12,13);1-3,10H,4H2,(H2,9,11,12);1-4H,(H2,9,11,12);2*1-4H2;3H,2H2,1H3;;1H;;;;;/q;;;;;;;;;+1;;;;-1. The van der Waals surface area contributed by atoms with Crippen molar-refractivity contribution in [2.45, 2.75) is 65.7 Å². The van der Waals surface area contributed by atoms with Crippen LogP contribution in [0.5, 0.6) is 0 Å². The van der Waals surface area contributed by atoms with Gasteiger partial charge in [-0.15, -0.1) is 12.4 Å². The van der Waals surface area contributed by atoms with E-state index < -0.39 is 66.9 Å². The first kappa shape index (κ1) is 81.1. The molecule has 0 saturated carbocycles. The third-order valence-corrected chi connectivity index (χ3v) is 13.3. The number of hydrogen-bond donors (Lipinski definition) is 7. The van der Waals surface area contributed by atoms with Gasteiger partial charge in [-0.2, -0.15) is 0 Å². The third kappa shape index (κ3) is 35.4. The number of nitrogens with two attached hydrogens (primary N) is 4. The molecule has 0 amide bonds. The van der Waals surface area contributed by atoms with Gasteiger partial charge >= 0.3 is 53.3 Å². The molecule has 4 aromatic carbocycles. The van der Waals surface area contributed by atoms with E-state index in [9.17, 15) is 48.1 Å². The molecule has 0 atom stereocenters. The Morgan fingerprint density at radius 2 is 0.933 bits per heavy atom. The number of aldehydes is 1. The molecule has 2 fully saturated rings. The molecule has 23 nitrogen and oxygen atoms in total. The van der Waals surface area contributed by atoms with Gasteiger partial charge in [0.2, 0.25) is 40.1 Å². The van der Waals surface area contributed by atoms with Gasteiger partial charge in [-0.1, -0.05) is 58.5 Å². The first-order valence-corrected chi connectivity index (χ1v) is 28.5. The van der Waals surface area contributed by atoms with Crippen molar-refractivity contribution in [2.24, 2.45) is 20.6 Å². The molecule has 2 aliphatic heterocycles. The fourth-order valence-electron chi connectivity index (χ4n) is 4.61. The average molecular weight is 1270 g/mol. The van der Waals surface area contributed by atoms with Crippen LogP contribution in [-0.4, -0.2) is 115 Å². The Bertz CT molecular complexity index is 2870. The van der Waals surface area contributed by atoms with Gasteiger partial charge in [0.1, 0.15) is 25.9 Å². The zero-order chi connectivity index (χ0) is 55.9. The Labute approximate surface area is 483 Å². The molecule has 418 valence electrons. The minimum atomic E-state index is -3.98. The molecule has 2 saturated heterocycles. The van der Waals surface area contributed by atoms with Crippen LogP contribution < -0.4 is 39.4 Å². The van der Waals surface area contributed by atoms with Crippen LogP contribution in [0.4, 0.5) is 0 Å². The van der Waals surface area contributed by atoms with E-state index >= 15 is 0 Å². The van der Waals surface area contributed by atoms with Crippen molar-refractivity contribution < 1.29 is 120 Å². The Kier molecular flexibility index (Phi) is 45.6. The first-order chi connectivity index (χ1) is 33.4. The van der Waals surface area contributed by atoms with Gasteiger partial charge in [-0.3, -0.25) is 4.79 Å². The molecule has 0 unspecified atom stereocenters. The maximum absolute atomic E-state index is 11.3. The number of carbonyl (C=O) groups is 3. The number of esters is 1. The summed E-state index contributed by atoms with van der Waals surface area (Å²) in [7, 11) is -15.6. The van der Waals surface area contributed by atoms with Crippen LogP contribution in [0.2, 0.25) is 20.1 Å². The number of sulfonamides is 4. The summed E-state index contributed by atoms with van der Waals surface area (Å²) < 4.78 is 119. The Morgan fingerprint density at radius 3 is 1.23 bits per heavy atom. The molecule has 6 rings (SSSR count). The van der Waals surface area contributed by atoms with Gasteiger partial charge in [0, 0.05) is 47.0 Å². The summed E-state index contributed by atoms with van der Waals surface area (Å²) in [5, 5.41) is 44.3. The van der Waals surface area contributed by atoms with E-state index in [1.165, 1.54) is 80.3 Å². The van der Waals surface area contributed by atoms with Crippen molar-refractivity contribution in [2.75, 3.05) is 39.6 Å². The van der Waals surface area contributed by atoms with E-state index in [0.29, 0.717) is 11.8 Å². The number of halogens is 5. The molecule has 0 spiro atoms. The number of aliphatic hydroxyl groups excluding tert-OH is 2. The van der Waals surface area contributed by atoms with Gasteiger partial charge in [0.05, 0.1) is 44.4 Å². The van der Waals surface area contributed by atoms with Crippen LogP contribution in [0, 0.1) is 0 Å². The van der Waals surface area contributed by atoms with Crippen LogP contribution in [0.1, 0.15) is 77.6 Å². The predicted octanol–water partition coefficient (Wildman–Crippen LogP) is 1.64. The van der Waals surface area contributed by atoms with Crippen molar-refractivity contribution in [3.8, 4) is 0 Å². The summed E-state index contributed by atoms with van der Waals surface area (Å²) in [4.78, 5) is 31.1. The molecule has 2 heterocycles. The molecule has 3 radical (unpaired) electrons. The van der Waals surface area contributed by atoms with Crippen molar-refractivity contribution >= 4 is 126 Å². The van der Waals surface area contributed by atoms with E-state index in [1.54, 1.807) is 13.8 Å². The number of carboxylic acids is 1. The van der Waals surface area contributed by atoms with Gasteiger partial charge in [0.15, 0.2) is 0 Å². The van der Waals surface area contributed by atoms with Crippen LogP contribution in [0.3, 0.4) is 0 Å². The van der Waals surface area contributed by atoms with Crippen molar-refractivity contribution in [1.29, 1.82) is 0 Å². The second kappa shape index (κ2) is 42.2. The van der Waals surface area contributed by atoms with Gasteiger partial charge in [0.25, 0.3) is 0 Å². The fourth-order valence-corrected chi connectivity index (χ4v) is 8.93. The number of carboxylic acid groups (broad SMARTS) is 1. The number of aliphatic hydroxyl groups is 2. The number of carbonyl (C=O) groups excluding carboxylic acids is 2. The monoisotopic (exact) mass is 1270 g/mol. The van der Waals surface area contributed by atoms with E-state index in [4.69, 9.17) is 104 Å². The molecule has 4 aromatic rings. The molecule has 35 heteroatoms. The first-order valence-electron chi connectivity index (χ1n) is 19.8. The number of ether oxygens (including phenoxy) is 3. The van der Waals surface area contributed by atoms with Gasteiger partial charge in [-0.25, -0.2) is 63.8 Å². The van der Waals surface area contributed by atoms with Crippen molar-refractivity contribution in [3.63, 3.8) is 0 Å². The van der Waals surface area contributed by atoms with E-state index in [0.717, 1.165) is 44.6 Å². The quantitative estimate of drug-likeness (QED) is 0.0711. The van der Waals surface area contributed by atoms with Gasteiger partial charge in [-0.05, 0) is 106 Å². The molecule has 0 aliphatic carbocycles. The summed E-state index contributed by atoms with van der Waals surface area (Å²) in [6, 6.07) is 15.0.